The summed E-state index contributed by atoms with van der Waals surface area (Å²) in [6.45, 7) is 0.538. The Hall–Kier alpha value is -4.16. The Morgan fingerprint density at radius 3 is 2.48 bits per heavy atom. The van der Waals surface area contributed by atoms with E-state index in [0.717, 1.165) is 32.4 Å². The molecule has 0 saturated carbocycles. The van der Waals surface area contributed by atoms with Gasteiger partial charge in [0.25, 0.3) is 0 Å². The molecule has 1 heterocycles. The Balaban J connectivity index is 1.65. The van der Waals surface area contributed by atoms with Crippen LogP contribution in [0.15, 0.2) is 106 Å². The highest BCUT2D eigenvalue weighted by Gasteiger charge is 2.11. The van der Waals surface area contributed by atoms with Crippen LogP contribution in [-0.2, 0) is 6.54 Å². The summed E-state index contributed by atoms with van der Waals surface area (Å²) in [4.78, 5) is 5.56. The number of phenolic OH excluding ortho intramolecular Hbond substituents is 2. The third-order valence-corrected chi connectivity index (χ3v) is 6.17. The molecule has 0 radical (unpaired) electrons. The fourth-order valence-corrected chi connectivity index (χ4v) is 4.49. The van der Waals surface area contributed by atoms with Crippen molar-refractivity contribution in [3.63, 3.8) is 0 Å². The van der Waals surface area contributed by atoms with Gasteiger partial charge in [0.2, 0.25) is 4.80 Å². The van der Waals surface area contributed by atoms with Crippen molar-refractivity contribution in [3.8, 4) is 22.8 Å². The van der Waals surface area contributed by atoms with E-state index in [1.54, 1.807) is 12.3 Å². The molecule has 5 rings (SSSR count). The van der Waals surface area contributed by atoms with Gasteiger partial charge in [-0.2, -0.15) is 5.10 Å². The number of rotatable bonds is 5. The van der Waals surface area contributed by atoms with Gasteiger partial charge in [-0.15, -0.1) is 11.3 Å². The summed E-state index contributed by atoms with van der Waals surface area (Å²) in [6, 6.07) is 29.0. The van der Waals surface area contributed by atoms with Crippen molar-refractivity contribution in [2.45, 2.75) is 6.54 Å². The van der Waals surface area contributed by atoms with Crippen LogP contribution in [0.2, 0.25) is 0 Å². The second-order valence-electron chi connectivity index (χ2n) is 7.53. The van der Waals surface area contributed by atoms with E-state index in [-0.39, 0.29) is 11.5 Å². The van der Waals surface area contributed by atoms with E-state index in [1.165, 1.54) is 23.5 Å². The Bertz CT molecular complexity index is 1510. The fourth-order valence-electron chi connectivity index (χ4n) is 3.66. The van der Waals surface area contributed by atoms with Crippen molar-refractivity contribution < 1.29 is 10.2 Å². The lowest BCUT2D eigenvalue weighted by molar-refractivity contribution is 0.450. The van der Waals surface area contributed by atoms with Gasteiger partial charge >= 0.3 is 0 Å². The minimum atomic E-state index is -0.0379. The molecule has 0 fully saturated rings. The molecule has 0 amide bonds. The molecule has 0 bridgehead atoms. The SMILES string of the molecule is Oc1ccc(C=Nn2c(-c3cccc4ccccc34)csc2=NCc2ccccc2)c(O)c1. The van der Waals surface area contributed by atoms with Crippen LogP contribution in [0.1, 0.15) is 11.1 Å². The van der Waals surface area contributed by atoms with Crippen molar-refractivity contribution in [2.75, 3.05) is 0 Å². The first-order chi connectivity index (χ1) is 16.2. The van der Waals surface area contributed by atoms with Crippen LogP contribution in [0.3, 0.4) is 0 Å². The summed E-state index contributed by atoms with van der Waals surface area (Å²) >= 11 is 1.52. The molecule has 0 atom stereocenters. The van der Waals surface area contributed by atoms with E-state index in [1.807, 2.05) is 53.2 Å². The van der Waals surface area contributed by atoms with Crippen LogP contribution in [-0.4, -0.2) is 21.1 Å². The number of thiazole rings is 1. The molecule has 4 aromatic carbocycles. The molecule has 0 unspecified atom stereocenters. The summed E-state index contributed by atoms with van der Waals surface area (Å²) in [5, 5.41) is 28.8. The second kappa shape index (κ2) is 9.14. The van der Waals surface area contributed by atoms with Crippen molar-refractivity contribution in [3.05, 3.63) is 112 Å². The number of benzene rings is 4. The summed E-state index contributed by atoms with van der Waals surface area (Å²) in [5.74, 6) is -0.0353. The van der Waals surface area contributed by atoms with E-state index < -0.39 is 0 Å². The summed E-state index contributed by atoms with van der Waals surface area (Å²) in [7, 11) is 0. The van der Waals surface area contributed by atoms with Gasteiger partial charge in [0.05, 0.1) is 18.5 Å². The predicted octanol–water partition coefficient (Wildman–Crippen LogP) is 5.76. The highest BCUT2D eigenvalue weighted by molar-refractivity contribution is 7.07. The molecule has 0 aliphatic heterocycles. The Labute approximate surface area is 194 Å². The average molecular weight is 452 g/mol. The molecule has 33 heavy (non-hydrogen) atoms. The number of fused-ring (bicyclic) bond motifs is 1. The maximum Gasteiger partial charge on any atom is 0.206 e. The molecule has 162 valence electrons. The zero-order valence-corrected chi connectivity index (χ0v) is 18.5. The Morgan fingerprint density at radius 2 is 1.64 bits per heavy atom. The van der Waals surface area contributed by atoms with E-state index in [4.69, 9.17) is 4.99 Å². The number of hydrogen-bond acceptors (Lipinski definition) is 5. The summed E-state index contributed by atoms with van der Waals surface area (Å²) < 4.78 is 1.81. The molecule has 2 N–H and O–H groups in total. The molecule has 5 nitrogen and oxygen atoms in total. The van der Waals surface area contributed by atoms with Crippen molar-refractivity contribution in [1.82, 2.24) is 4.68 Å². The molecule has 0 spiro atoms. The largest absolute Gasteiger partial charge is 0.508 e. The lowest BCUT2D eigenvalue weighted by Crippen LogP contribution is -2.12. The quantitative estimate of drug-likeness (QED) is 0.333. The van der Waals surface area contributed by atoms with Gasteiger partial charge < -0.3 is 10.2 Å². The van der Waals surface area contributed by atoms with Crippen molar-refractivity contribution >= 4 is 28.3 Å². The number of hydrogen-bond donors (Lipinski definition) is 2. The third kappa shape index (κ3) is 4.42. The van der Waals surface area contributed by atoms with E-state index >= 15 is 0 Å². The third-order valence-electron chi connectivity index (χ3n) is 5.32. The number of nitrogens with zero attached hydrogens (tertiary/aromatic N) is 3. The van der Waals surface area contributed by atoms with E-state index in [2.05, 4.69) is 34.7 Å². The standard InChI is InChI=1S/C27H21N3O2S/c31-22-14-13-21(26(32)15-22)17-29-30-25(24-12-6-10-20-9-4-5-11-23(20)24)18-33-27(30)28-16-19-7-2-1-3-8-19/h1-15,17-18,31-32H,16H2. The maximum atomic E-state index is 10.2. The first-order valence-corrected chi connectivity index (χ1v) is 11.4. The summed E-state index contributed by atoms with van der Waals surface area (Å²) in [6.07, 6.45) is 1.58. The zero-order chi connectivity index (χ0) is 22.6. The Morgan fingerprint density at radius 1 is 0.848 bits per heavy atom. The molecular weight excluding hydrogens is 430 g/mol. The van der Waals surface area contributed by atoms with Gasteiger partial charge in [-0.25, -0.2) is 4.68 Å². The molecule has 0 aliphatic rings. The normalized spacial score (nSPS) is 12.1. The topological polar surface area (TPSA) is 70.1 Å². The minimum Gasteiger partial charge on any atom is -0.508 e. The molecule has 1 aromatic heterocycles. The van der Waals surface area contributed by atoms with Gasteiger partial charge in [-0.1, -0.05) is 72.8 Å². The molecule has 0 aliphatic carbocycles. The van der Waals surface area contributed by atoms with E-state index in [0.29, 0.717) is 12.1 Å². The highest BCUT2D eigenvalue weighted by Crippen LogP contribution is 2.29. The Kier molecular flexibility index (Phi) is 5.74. The number of aromatic hydroxyl groups is 2. The highest BCUT2D eigenvalue weighted by atomic mass is 32.1. The van der Waals surface area contributed by atoms with Gasteiger partial charge in [0.1, 0.15) is 11.5 Å². The maximum absolute atomic E-state index is 10.2. The zero-order valence-electron chi connectivity index (χ0n) is 17.7. The lowest BCUT2D eigenvalue weighted by Gasteiger charge is -2.08. The second-order valence-corrected chi connectivity index (χ2v) is 8.37. The average Bonchev–Trinajstić information content (AvgIpc) is 3.25. The fraction of sp³-hybridized carbons (Fsp3) is 0.0370. The molecule has 5 aromatic rings. The monoisotopic (exact) mass is 451 g/mol. The molecule has 6 heteroatoms. The van der Waals surface area contributed by atoms with Crippen LogP contribution < -0.4 is 4.80 Å². The van der Waals surface area contributed by atoms with Crippen LogP contribution in [0, 0.1) is 0 Å². The number of phenols is 2. The van der Waals surface area contributed by atoms with Crippen molar-refractivity contribution in [2.24, 2.45) is 10.1 Å². The number of aromatic nitrogens is 1. The molecular formula is C27H21N3O2S. The smallest absolute Gasteiger partial charge is 0.206 e. The van der Waals surface area contributed by atoms with Gasteiger partial charge in [0.15, 0.2) is 0 Å². The lowest BCUT2D eigenvalue weighted by atomic mass is 10.0. The first-order valence-electron chi connectivity index (χ1n) is 10.5. The molecule has 0 saturated heterocycles. The van der Waals surface area contributed by atoms with Gasteiger partial charge in [0, 0.05) is 22.6 Å². The van der Waals surface area contributed by atoms with Crippen LogP contribution >= 0.6 is 11.3 Å². The van der Waals surface area contributed by atoms with Crippen LogP contribution in [0.25, 0.3) is 22.0 Å². The van der Waals surface area contributed by atoms with E-state index in [9.17, 15) is 10.2 Å². The summed E-state index contributed by atoms with van der Waals surface area (Å²) in [5.41, 5.74) is 3.59. The van der Waals surface area contributed by atoms with Crippen molar-refractivity contribution in [1.29, 1.82) is 0 Å². The van der Waals surface area contributed by atoms with Gasteiger partial charge in [-0.05, 0) is 28.5 Å². The minimum absolute atomic E-state index is 0.00262. The first kappa shape index (κ1) is 20.7. The van der Waals surface area contributed by atoms with Crippen LogP contribution in [0.4, 0.5) is 0 Å². The predicted molar refractivity (Wildman–Crippen MR) is 134 cm³/mol. The van der Waals surface area contributed by atoms with Gasteiger partial charge in [-0.3, -0.25) is 4.99 Å². The van der Waals surface area contributed by atoms with Crippen LogP contribution in [0.5, 0.6) is 11.5 Å².